The monoisotopic (exact) mass is 477 g/mol. The number of furan rings is 1. The zero-order valence-electron chi connectivity index (χ0n) is 19.2. The second kappa shape index (κ2) is 9.90. The Kier molecular flexibility index (Phi) is 6.55. The SMILES string of the molecule is Cc1ccccc1-n1c(SCC(=O)NC(C)c2cc3ccccc3o2)nnc1N1CCOCC1. The molecule has 0 spiro atoms. The third kappa shape index (κ3) is 4.67. The van der Waals surface area contributed by atoms with Gasteiger partial charge >= 0.3 is 0 Å². The van der Waals surface area contributed by atoms with E-state index in [0.29, 0.717) is 18.4 Å². The average molecular weight is 478 g/mol. The Labute approximate surface area is 202 Å². The minimum atomic E-state index is -0.237. The summed E-state index contributed by atoms with van der Waals surface area (Å²) in [6.07, 6.45) is 0. The molecule has 1 fully saturated rings. The summed E-state index contributed by atoms with van der Waals surface area (Å²) in [5.41, 5.74) is 2.93. The smallest absolute Gasteiger partial charge is 0.232 e. The van der Waals surface area contributed by atoms with Crippen molar-refractivity contribution in [2.75, 3.05) is 37.0 Å². The summed E-state index contributed by atoms with van der Waals surface area (Å²) in [4.78, 5) is 15.0. The molecule has 2 aromatic carbocycles. The van der Waals surface area contributed by atoms with Gasteiger partial charge in [-0.05, 0) is 37.6 Å². The van der Waals surface area contributed by atoms with Gasteiger partial charge in [0, 0.05) is 18.5 Å². The number of aryl methyl sites for hydroxylation is 1. The van der Waals surface area contributed by atoms with Crippen molar-refractivity contribution in [3.8, 4) is 5.69 Å². The second-order valence-electron chi connectivity index (χ2n) is 8.27. The molecule has 3 heterocycles. The highest BCUT2D eigenvalue weighted by molar-refractivity contribution is 7.99. The number of nitrogens with zero attached hydrogens (tertiary/aromatic N) is 4. The first-order chi connectivity index (χ1) is 16.6. The third-order valence-corrected chi connectivity index (χ3v) is 6.78. The Hall–Kier alpha value is -3.30. The van der Waals surface area contributed by atoms with Crippen molar-refractivity contribution in [3.63, 3.8) is 0 Å². The van der Waals surface area contributed by atoms with E-state index in [1.54, 1.807) is 0 Å². The standard InChI is InChI=1S/C25H27N5O3S/c1-17-7-3-5-9-20(17)30-24(29-11-13-32-14-12-29)27-28-25(30)34-16-23(31)26-18(2)22-15-19-8-4-6-10-21(19)33-22/h3-10,15,18H,11-14,16H2,1-2H3,(H,26,31). The molecule has 0 bridgehead atoms. The molecule has 1 aliphatic rings. The molecular formula is C25H27N5O3S. The van der Waals surface area contributed by atoms with Crippen LogP contribution < -0.4 is 10.2 Å². The van der Waals surface area contributed by atoms with Crippen LogP contribution in [0.2, 0.25) is 0 Å². The summed E-state index contributed by atoms with van der Waals surface area (Å²) < 4.78 is 13.4. The van der Waals surface area contributed by atoms with E-state index in [1.807, 2.05) is 54.0 Å². The quantitative estimate of drug-likeness (QED) is 0.401. The summed E-state index contributed by atoms with van der Waals surface area (Å²) in [5, 5.41) is 13.7. The number of amides is 1. The number of anilines is 1. The van der Waals surface area contributed by atoms with E-state index in [4.69, 9.17) is 9.15 Å². The number of ether oxygens (including phenoxy) is 1. The number of thioether (sulfide) groups is 1. The second-order valence-corrected chi connectivity index (χ2v) is 9.21. The topological polar surface area (TPSA) is 85.4 Å². The van der Waals surface area contributed by atoms with Crippen LogP contribution in [0.25, 0.3) is 16.7 Å². The van der Waals surface area contributed by atoms with E-state index in [-0.39, 0.29) is 17.7 Å². The van der Waals surface area contributed by atoms with Crippen molar-refractivity contribution in [3.05, 3.63) is 65.9 Å². The van der Waals surface area contributed by atoms with Crippen molar-refractivity contribution in [1.82, 2.24) is 20.1 Å². The largest absolute Gasteiger partial charge is 0.459 e. The minimum Gasteiger partial charge on any atom is -0.459 e. The van der Waals surface area contributed by atoms with Gasteiger partial charge in [-0.15, -0.1) is 10.2 Å². The highest BCUT2D eigenvalue weighted by Gasteiger charge is 2.23. The molecular weight excluding hydrogens is 450 g/mol. The molecule has 1 N–H and O–H groups in total. The molecule has 34 heavy (non-hydrogen) atoms. The zero-order valence-corrected chi connectivity index (χ0v) is 20.0. The molecule has 9 heteroatoms. The van der Waals surface area contributed by atoms with Gasteiger partial charge in [0.1, 0.15) is 11.3 Å². The van der Waals surface area contributed by atoms with Gasteiger partial charge < -0.3 is 19.4 Å². The normalized spacial score (nSPS) is 14.9. The number of para-hydroxylation sites is 2. The number of hydrogen-bond acceptors (Lipinski definition) is 7. The van der Waals surface area contributed by atoms with Crippen molar-refractivity contribution in [1.29, 1.82) is 0 Å². The van der Waals surface area contributed by atoms with Crippen LogP contribution in [0.5, 0.6) is 0 Å². The van der Waals surface area contributed by atoms with Gasteiger partial charge in [-0.2, -0.15) is 0 Å². The number of fused-ring (bicyclic) bond motifs is 1. The molecule has 4 aromatic rings. The first kappa shape index (κ1) is 22.5. The lowest BCUT2D eigenvalue weighted by Gasteiger charge is -2.28. The first-order valence-electron chi connectivity index (χ1n) is 11.3. The summed E-state index contributed by atoms with van der Waals surface area (Å²) in [7, 11) is 0. The van der Waals surface area contributed by atoms with Gasteiger partial charge in [0.15, 0.2) is 5.16 Å². The fourth-order valence-corrected chi connectivity index (χ4v) is 4.80. The van der Waals surface area contributed by atoms with Gasteiger partial charge in [0.2, 0.25) is 11.9 Å². The number of carbonyl (C=O) groups is 1. The number of rotatable bonds is 7. The number of nitrogens with one attached hydrogen (secondary N) is 1. The first-order valence-corrected chi connectivity index (χ1v) is 12.3. The van der Waals surface area contributed by atoms with Crippen molar-refractivity contribution < 1.29 is 13.9 Å². The zero-order chi connectivity index (χ0) is 23.5. The lowest BCUT2D eigenvalue weighted by molar-refractivity contribution is -0.119. The van der Waals surface area contributed by atoms with E-state index in [9.17, 15) is 4.79 Å². The Morgan fingerprint density at radius 1 is 1.12 bits per heavy atom. The van der Waals surface area contributed by atoms with Gasteiger partial charge in [-0.3, -0.25) is 9.36 Å². The predicted molar refractivity (Wildman–Crippen MR) is 133 cm³/mol. The number of aromatic nitrogens is 3. The molecule has 1 saturated heterocycles. The van der Waals surface area contributed by atoms with Crippen LogP contribution in [0.15, 0.2) is 64.2 Å². The molecule has 5 rings (SSSR count). The molecule has 8 nitrogen and oxygen atoms in total. The van der Waals surface area contributed by atoms with Crippen molar-refractivity contribution in [2.24, 2.45) is 0 Å². The van der Waals surface area contributed by atoms with E-state index >= 15 is 0 Å². The molecule has 0 aliphatic carbocycles. The van der Waals surface area contributed by atoms with Crippen LogP contribution in [0.4, 0.5) is 5.95 Å². The predicted octanol–water partition coefficient (Wildman–Crippen LogP) is 4.13. The highest BCUT2D eigenvalue weighted by Crippen LogP contribution is 2.29. The van der Waals surface area contributed by atoms with Gasteiger partial charge in [-0.1, -0.05) is 48.2 Å². The highest BCUT2D eigenvalue weighted by atomic mass is 32.2. The van der Waals surface area contributed by atoms with Gasteiger partial charge in [-0.25, -0.2) is 0 Å². The number of carbonyl (C=O) groups excluding carboxylic acids is 1. The number of benzene rings is 2. The van der Waals surface area contributed by atoms with Gasteiger partial charge in [0.25, 0.3) is 0 Å². The van der Waals surface area contributed by atoms with Crippen LogP contribution in [0.1, 0.15) is 24.3 Å². The van der Waals surface area contributed by atoms with Crippen LogP contribution in [-0.2, 0) is 9.53 Å². The lowest BCUT2D eigenvalue weighted by atomic mass is 10.2. The number of morpholine rings is 1. The molecule has 0 radical (unpaired) electrons. The molecule has 2 aromatic heterocycles. The fourth-order valence-electron chi connectivity index (χ4n) is 4.05. The maximum Gasteiger partial charge on any atom is 0.232 e. The molecule has 1 unspecified atom stereocenters. The van der Waals surface area contributed by atoms with Crippen LogP contribution in [0, 0.1) is 6.92 Å². The lowest BCUT2D eigenvalue weighted by Crippen LogP contribution is -2.38. The fraction of sp³-hybridized carbons (Fsp3) is 0.320. The Morgan fingerprint density at radius 2 is 1.88 bits per heavy atom. The summed E-state index contributed by atoms with van der Waals surface area (Å²) in [5.74, 6) is 1.64. The summed E-state index contributed by atoms with van der Waals surface area (Å²) >= 11 is 1.37. The average Bonchev–Trinajstić information content (AvgIpc) is 3.48. The molecule has 1 atom stereocenters. The third-order valence-electron chi connectivity index (χ3n) is 5.85. The van der Waals surface area contributed by atoms with E-state index < -0.39 is 0 Å². The van der Waals surface area contributed by atoms with E-state index in [0.717, 1.165) is 47.0 Å². The van der Waals surface area contributed by atoms with Crippen LogP contribution >= 0.6 is 11.8 Å². The summed E-state index contributed by atoms with van der Waals surface area (Å²) in [6, 6.07) is 17.7. The molecule has 176 valence electrons. The summed E-state index contributed by atoms with van der Waals surface area (Å²) in [6.45, 7) is 6.81. The van der Waals surface area contributed by atoms with E-state index in [2.05, 4.69) is 39.5 Å². The minimum absolute atomic E-state index is 0.0924. The van der Waals surface area contributed by atoms with Gasteiger partial charge in [0.05, 0.1) is 30.7 Å². The molecule has 1 amide bonds. The van der Waals surface area contributed by atoms with Crippen molar-refractivity contribution >= 4 is 34.6 Å². The number of hydrogen-bond donors (Lipinski definition) is 1. The van der Waals surface area contributed by atoms with E-state index in [1.165, 1.54) is 11.8 Å². The Balaban J connectivity index is 1.32. The van der Waals surface area contributed by atoms with Crippen LogP contribution in [0.3, 0.4) is 0 Å². The Morgan fingerprint density at radius 3 is 2.68 bits per heavy atom. The molecule has 1 aliphatic heterocycles. The van der Waals surface area contributed by atoms with Crippen LogP contribution in [-0.4, -0.2) is 52.7 Å². The molecule has 0 saturated carbocycles. The maximum atomic E-state index is 12.8. The maximum absolute atomic E-state index is 12.8. The Bertz CT molecular complexity index is 1260. The van der Waals surface area contributed by atoms with Crippen molar-refractivity contribution in [2.45, 2.75) is 25.0 Å².